The Balaban J connectivity index is 2.09. The summed E-state index contributed by atoms with van der Waals surface area (Å²) in [5.41, 5.74) is 4.38. The third kappa shape index (κ3) is 3.30. The number of hydrogen-bond acceptors (Lipinski definition) is 3. The zero-order valence-corrected chi connectivity index (χ0v) is 13.6. The standard InChI is InChI=1S/C19H18N2O3/c1-13-3-5-14(6-4-13)18-11-15(12-19(22)23)20-21(18)16-7-9-17(24-2)10-8-16/h3-11H,12H2,1-2H3,(H,22,23). The predicted molar refractivity (Wildman–Crippen MR) is 91.6 cm³/mol. The Hall–Kier alpha value is -3.08. The van der Waals surface area contributed by atoms with Crippen molar-refractivity contribution in [1.29, 1.82) is 0 Å². The highest BCUT2D eigenvalue weighted by molar-refractivity contribution is 5.71. The van der Waals surface area contributed by atoms with Crippen LogP contribution in [-0.2, 0) is 11.2 Å². The Morgan fingerprint density at radius 2 is 1.79 bits per heavy atom. The van der Waals surface area contributed by atoms with Crippen LogP contribution in [0.2, 0.25) is 0 Å². The largest absolute Gasteiger partial charge is 0.497 e. The minimum Gasteiger partial charge on any atom is -0.497 e. The zero-order valence-electron chi connectivity index (χ0n) is 13.6. The van der Waals surface area contributed by atoms with Gasteiger partial charge in [-0.15, -0.1) is 0 Å². The highest BCUT2D eigenvalue weighted by Crippen LogP contribution is 2.25. The van der Waals surface area contributed by atoms with Crippen molar-refractivity contribution >= 4 is 5.97 Å². The van der Waals surface area contributed by atoms with Crippen LogP contribution in [0.25, 0.3) is 16.9 Å². The van der Waals surface area contributed by atoms with Crippen LogP contribution in [0.1, 0.15) is 11.3 Å². The average molecular weight is 322 g/mol. The second-order valence-electron chi connectivity index (χ2n) is 5.57. The molecule has 0 aliphatic rings. The van der Waals surface area contributed by atoms with Crippen LogP contribution in [0.15, 0.2) is 54.6 Å². The van der Waals surface area contributed by atoms with Gasteiger partial charge in [0.2, 0.25) is 0 Å². The highest BCUT2D eigenvalue weighted by atomic mass is 16.5. The molecule has 0 amide bonds. The third-order valence-corrected chi connectivity index (χ3v) is 3.76. The summed E-state index contributed by atoms with van der Waals surface area (Å²) in [5, 5.41) is 13.5. The molecule has 5 nitrogen and oxygen atoms in total. The van der Waals surface area contributed by atoms with E-state index in [0.29, 0.717) is 5.69 Å². The summed E-state index contributed by atoms with van der Waals surface area (Å²) < 4.78 is 6.95. The molecule has 0 unspecified atom stereocenters. The van der Waals surface area contributed by atoms with E-state index in [0.717, 1.165) is 22.7 Å². The SMILES string of the molecule is COc1ccc(-n2nc(CC(=O)O)cc2-c2ccc(C)cc2)cc1. The number of carboxylic acids is 1. The molecule has 0 aliphatic heterocycles. The summed E-state index contributed by atoms with van der Waals surface area (Å²) >= 11 is 0. The van der Waals surface area contributed by atoms with Crippen LogP contribution in [-0.4, -0.2) is 28.0 Å². The molecule has 0 bridgehead atoms. The van der Waals surface area contributed by atoms with Crippen molar-refractivity contribution in [2.75, 3.05) is 7.11 Å². The Kier molecular flexibility index (Phi) is 4.33. The van der Waals surface area contributed by atoms with Crippen LogP contribution in [0.4, 0.5) is 0 Å². The van der Waals surface area contributed by atoms with Gasteiger partial charge in [-0.05, 0) is 37.3 Å². The molecule has 0 fully saturated rings. The maximum absolute atomic E-state index is 11.0. The van der Waals surface area contributed by atoms with E-state index >= 15 is 0 Å². The molecule has 0 saturated heterocycles. The molecule has 2 aromatic carbocycles. The number of rotatable bonds is 5. The first-order valence-corrected chi connectivity index (χ1v) is 7.59. The van der Waals surface area contributed by atoms with Crippen LogP contribution in [0.3, 0.4) is 0 Å². The Morgan fingerprint density at radius 3 is 2.38 bits per heavy atom. The lowest BCUT2D eigenvalue weighted by molar-refractivity contribution is -0.136. The van der Waals surface area contributed by atoms with Gasteiger partial charge in [0.05, 0.1) is 30.6 Å². The molecule has 0 radical (unpaired) electrons. The summed E-state index contributed by atoms with van der Waals surface area (Å²) in [6.07, 6.45) is -0.109. The second-order valence-corrected chi connectivity index (χ2v) is 5.57. The summed E-state index contributed by atoms with van der Waals surface area (Å²) in [5.74, 6) is -0.140. The Bertz CT molecular complexity index is 849. The van der Waals surface area contributed by atoms with E-state index in [9.17, 15) is 4.79 Å². The number of aliphatic carboxylic acids is 1. The predicted octanol–water partition coefficient (Wildman–Crippen LogP) is 3.48. The number of ether oxygens (including phenoxy) is 1. The van der Waals surface area contributed by atoms with E-state index in [2.05, 4.69) is 5.10 Å². The minimum atomic E-state index is -0.898. The van der Waals surface area contributed by atoms with Crippen LogP contribution < -0.4 is 4.74 Å². The molecule has 0 saturated carbocycles. The zero-order chi connectivity index (χ0) is 17.1. The number of aryl methyl sites for hydroxylation is 1. The van der Waals surface area contributed by atoms with Crippen molar-refractivity contribution in [3.8, 4) is 22.7 Å². The fourth-order valence-electron chi connectivity index (χ4n) is 2.52. The number of carboxylic acid groups (broad SMARTS) is 1. The van der Waals surface area contributed by atoms with Gasteiger partial charge in [-0.3, -0.25) is 4.79 Å². The van der Waals surface area contributed by atoms with Crippen LogP contribution in [0, 0.1) is 6.92 Å². The lowest BCUT2D eigenvalue weighted by Crippen LogP contribution is -2.03. The number of benzene rings is 2. The lowest BCUT2D eigenvalue weighted by Gasteiger charge is -2.09. The summed E-state index contributed by atoms with van der Waals surface area (Å²) in [7, 11) is 1.62. The van der Waals surface area contributed by atoms with E-state index in [1.54, 1.807) is 11.8 Å². The molecule has 1 N–H and O–H groups in total. The Morgan fingerprint density at radius 1 is 1.12 bits per heavy atom. The van der Waals surface area contributed by atoms with Gasteiger partial charge in [0.25, 0.3) is 0 Å². The molecule has 0 atom stereocenters. The van der Waals surface area contributed by atoms with Gasteiger partial charge in [-0.1, -0.05) is 29.8 Å². The number of hydrogen-bond donors (Lipinski definition) is 1. The van der Waals surface area contributed by atoms with Gasteiger partial charge in [0.15, 0.2) is 0 Å². The molecule has 0 spiro atoms. The minimum absolute atomic E-state index is 0.109. The lowest BCUT2D eigenvalue weighted by atomic mass is 10.1. The number of carbonyl (C=O) groups is 1. The van der Waals surface area contributed by atoms with Gasteiger partial charge in [-0.25, -0.2) is 4.68 Å². The summed E-state index contributed by atoms with van der Waals surface area (Å²) in [4.78, 5) is 11.0. The average Bonchev–Trinajstić information content (AvgIpc) is 2.98. The molecule has 1 heterocycles. The molecule has 5 heteroatoms. The van der Waals surface area contributed by atoms with E-state index in [1.807, 2.05) is 61.5 Å². The third-order valence-electron chi connectivity index (χ3n) is 3.76. The van der Waals surface area contributed by atoms with Gasteiger partial charge < -0.3 is 9.84 Å². The molecule has 122 valence electrons. The maximum Gasteiger partial charge on any atom is 0.309 e. The monoisotopic (exact) mass is 322 g/mol. The van der Waals surface area contributed by atoms with E-state index < -0.39 is 5.97 Å². The van der Waals surface area contributed by atoms with Gasteiger partial charge in [0, 0.05) is 5.56 Å². The topological polar surface area (TPSA) is 64.4 Å². The molecular formula is C19H18N2O3. The molecule has 1 aromatic heterocycles. The fraction of sp³-hybridized carbons (Fsp3) is 0.158. The van der Waals surface area contributed by atoms with Gasteiger partial charge >= 0.3 is 5.97 Å². The number of methoxy groups -OCH3 is 1. The number of nitrogens with zero attached hydrogens (tertiary/aromatic N) is 2. The second kappa shape index (κ2) is 6.58. The normalized spacial score (nSPS) is 10.6. The summed E-state index contributed by atoms with van der Waals surface area (Å²) in [6.45, 7) is 2.03. The van der Waals surface area contributed by atoms with Gasteiger partial charge in [0.1, 0.15) is 5.75 Å². The quantitative estimate of drug-likeness (QED) is 0.781. The molecular weight excluding hydrogens is 304 g/mol. The summed E-state index contributed by atoms with van der Waals surface area (Å²) in [6, 6.07) is 17.4. The van der Waals surface area contributed by atoms with Gasteiger partial charge in [-0.2, -0.15) is 5.10 Å². The first-order chi connectivity index (χ1) is 11.6. The molecule has 24 heavy (non-hydrogen) atoms. The fourth-order valence-corrected chi connectivity index (χ4v) is 2.52. The van der Waals surface area contributed by atoms with Crippen molar-refractivity contribution in [2.45, 2.75) is 13.3 Å². The van der Waals surface area contributed by atoms with E-state index in [4.69, 9.17) is 9.84 Å². The van der Waals surface area contributed by atoms with Crippen molar-refractivity contribution in [1.82, 2.24) is 9.78 Å². The van der Waals surface area contributed by atoms with E-state index in [1.165, 1.54) is 5.56 Å². The maximum atomic E-state index is 11.0. The highest BCUT2D eigenvalue weighted by Gasteiger charge is 2.14. The molecule has 0 aliphatic carbocycles. The molecule has 3 aromatic rings. The van der Waals surface area contributed by atoms with Crippen molar-refractivity contribution in [3.63, 3.8) is 0 Å². The van der Waals surface area contributed by atoms with Crippen molar-refractivity contribution < 1.29 is 14.6 Å². The van der Waals surface area contributed by atoms with Crippen molar-refractivity contribution in [2.24, 2.45) is 0 Å². The van der Waals surface area contributed by atoms with Crippen LogP contribution in [0.5, 0.6) is 5.75 Å². The van der Waals surface area contributed by atoms with Crippen molar-refractivity contribution in [3.05, 3.63) is 65.9 Å². The Labute approximate surface area is 140 Å². The first kappa shape index (κ1) is 15.8. The van der Waals surface area contributed by atoms with Crippen LogP contribution >= 0.6 is 0 Å². The van der Waals surface area contributed by atoms with E-state index in [-0.39, 0.29) is 6.42 Å². The molecule has 3 rings (SSSR count). The first-order valence-electron chi connectivity index (χ1n) is 7.59. The smallest absolute Gasteiger partial charge is 0.309 e. The number of aromatic nitrogens is 2.